The molecule has 136 valence electrons. The van der Waals surface area contributed by atoms with Crippen LogP contribution in [-0.2, 0) is 0 Å². The molecule has 24 heavy (non-hydrogen) atoms. The maximum atomic E-state index is 4.36. The van der Waals surface area contributed by atoms with Crippen LogP contribution in [0.25, 0.3) is 0 Å². The van der Waals surface area contributed by atoms with Crippen LogP contribution in [-0.4, -0.2) is 43.6 Å². The Labute approximate surface area is 164 Å². The molecule has 2 unspecified atom stereocenters. The van der Waals surface area contributed by atoms with Crippen molar-refractivity contribution < 1.29 is 0 Å². The number of rotatable bonds is 5. The Morgan fingerprint density at radius 1 is 1.21 bits per heavy atom. The minimum absolute atomic E-state index is 0. The summed E-state index contributed by atoms with van der Waals surface area (Å²) in [6.07, 6.45) is 2.64. The molecular formula is C19H33IN4. The van der Waals surface area contributed by atoms with Crippen LogP contribution >= 0.6 is 24.0 Å². The van der Waals surface area contributed by atoms with Gasteiger partial charge in [-0.3, -0.25) is 9.89 Å². The molecule has 2 N–H and O–H groups in total. The first-order valence-corrected chi connectivity index (χ1v) is 8.86. The first kappa shape index (κ1) is 21.2. The van der Waals surface area contributed by atoms with E-state index in [9.17, 15) is 0 Å². The average molecular weight is 444 g/mol. The number of guanidine groups is 1. The molecule has 1 aromatic rings. The summed E-state index contributed by atoms with van der Waals surface area (Å²) < 4.78 is 0. The average Bonchev–Trinajstić information content (AvgIpc) is 2.59. The Morgan fingerprint density at radius 3 is 2.42 bits per heavy atom. The van der Waals surface area contributed by atoms with Crippen molar-refractivity contribution in [1.29, 1.82) is 0 Å². The van der Waals surface area contributed by atoms with Crippen molar-refractivity contribution in [2.75, 3.05) is 26.7 Å². The van der Waals surface area contributed by atoms with Gasteiger partial charge in [-0.2, -0.15) is 0 Å². The molecule has 1 heterocycles. The van der Waals surface area contributed by atoms with Crippen LogP contribution in [0.15, 0.2) is 35.3 Å². The fourth-order valence-electron chi connectivity index (χ4n) is 3.07. The normalized spacial score (nSPS) is 19.2. The number of nitrogens with one attached hydrogen (secondary N) is 2. The van der Waals surface area contributed by atoms with Crippen molar-refractivity contribution in [1.82, 2.24) is 15.5 Å². The zero-order valence-corrected chi connectivity index (χ0v) is 17.8. The molecule has 0 amide bonds. The number of benzene rings is 1. The fraction of sp³-hybridized carbons (Fsp3) is 0.632. The van der Waals surface area contributed by atoms with Gasteiger partial charge in [0, 0.05) is 19.6 Å². The van der Waals surface area contributed by atoms with E-state index in [-0.39, 0.29) is 30.0 Å². The van der Waals surface area contributed by atoms with Crippen molar-refractivity contribution in [2.24, 2.45) is 10.9 Å². The predicted octanol–water partition coefficient (Wildman–Crippen LogP) is 3.65. The smallest absolute Gasteiger partial charge is 0.191 e. The second-order valence-electron chi connectivity index (χ2n) is 6.80. The molecule has 4 nitrogen and oxygen atoms in total. The van der Waals surface area contributed by atoms with Crippen LogP contribution in [0, 0.1) is 5.92 Å². The van der Waals surface area contributed by atoms with Gasteiger partial charge in [-0.25, -0.2) is 0 Å². The van der Waals surface area contributed by atoms with E-state index in [1.807, 2.05) is 13.1 Å². The molecule has 2 atom stereocenters. The van der Waals surface area contributed by atoms with Gasteiger partial charge in [0.05, 0.1) is 6.04 Å². The summed E-state index contributed by atoms with van der Waals surface area (Å²) in [6, 6.07) is 11.3. The van der Waals surface area contributed by atoms with Gasteiger partial charge in [0.15, 0.2) is 5.96 Å². The lowest BCUT2D eigenvalue weighted by Gasteiger charge is -2.35. The van der Waals surface area contributed by atoms with Gasteiger partial charge < -0.3 is 10.6 Å². The zero-order chi connectivity index (χ0) is 16.7. The maximum Gasteiger partial charge on any atom is 0.191 e. The third kappa shape index (κ3) is 6.59. The summed E-state index contributed by atoms with van der Waals surface area (Å²) >= 11 is 0. The summed E-state index contributed by atoms with van der Waals surface area (Å²) in [4.78, 5) is 6.94. The van der Waals surface area contributed by atoms with E-state index in [4.69, 9.17) is 0 Å². The van der Waals surface area contributed by atoms with E-state index in [1.54, 1.807) is 0 Å². The lowest BCUT2D eigenvalue weighted by Crippen LogP contribution is -2.48. The Morgan fingerprint density at radius 2 is 1.83 bits per heavy atom. The number of hydrogen-bond donors (Lipinski definition) is 2. The predicted molar refractivity (Wildman–Crippen MR) is 114 cm³/mol. The minimum atomic E-state index is 0. The highest BCUT2D eigenvalue weighted by Crippen LogP contribution is 2.17. The molecule has 0 aromatic heterocycles. The first-order valence-electron chi connectivity index (χ1n) is 8.86. The topological polar surface area (TPSA) is 39.7 Å². The van der Waals surface area contributed by atoms with Crippen LogP contribution < -0.4 is 10.6 Å². The number of likely N-dealkylation sites (tertiary alicyclic amines) is 1. The number of aliphatic imine (C=N–C) groups is 1. The van der Waals surface area contributed by atoms with Crippen molar-refractivity contribution in [2.45, 2.75) is 45.7 Å². The van der Waals surface area contributed by atoms with Crippen LogP contribution in [0.1, 0.15) is 45.2 Å². The highest BCUT2D eigenvalue weighted by molar-refractivity contribution is 14.0. The van der Waals surface area contributed by atoms with Gasteiger partial charge >= 0.3 is 0 Å². The zero-order valence-electron chi connectivity index (χ0n) is 15.5. The second kappa shape index (κ2) is 10.9. The number of halogens is 1. The van der Waals surface area contributed by atoms with E-state index < -0.39 is 0 Å². The van der Waals surface area contributed by atoms with E-state index >= 15 is 0 Å². The van der Waals surface area contributed by atoms with Crippen LogP contribution in [0.2, 0.25) is 0 Å². The van der Waals surface area contributed by atoms with Crippen molar-refractivity contribution in [3.63, 3.8) is 0 Å². The Kier molecular flexibility index (Phi) is 9.66. The number of nitrogens with zero attached hydrogens (tertiary/aromatic N) is 2. The van der Waals surface area contributed by atoms with Crippen molar-refractivity contribution in [3.05, 3.63) is 35.9 Å². The Bertz CT molecular complexity index is 483. The minimum Gasteiger partial charge on any atom is -0.355 e. The third-order valence-electron chi connectivity index (χ3n) is 4.88. The van der Waals surface area contributed by atoms with E-state index in [1.165, 1.54) is 31.5 Å². The highest BCUT2D eigenvalue weighted by atomic mass is 127. The number of hydrogen-bond acceptors (Lipinski definition) is 2. The molecule has 0 radical (unpaired) electrons. The molecular weight excluding hydrogens is 411 g/mol. The molecule has 0 aliphatic carbocycles. The van der Waals surface area contributed by atoms with Gasteiger partial charge in [-0.15, -0.1) is 24.0 Å². The molecule has 0 saturated carbocycles. The summed E-state index contributed by atoms with van der Waals surface area (Å²) in [6.45, 7) is 10.2. The van der Waals surface area contributed by atoms with E-state index in [0.29, 0.717) is 6.04 Å². The summed E-state index contributed by atoms with van der Waals surface area (Å²) in [5.74, 6) is 1.76. The lowest BCUT2D eigenvalue weighted by atomic mass is 9.98. The van der Waals surface area contributed by atoms with Crippen LogP contribution in [0.5, 0.6) is 0 Å². The maximum absolute atomic E-state index is 4.36. The molecule has 5 heteroatoms. The van der Waals surface area contributed by atoms with E-state index in [2.05, 4.69) is 65.6 Å². The third-order valence-corrected chi connectivity index (χ3v) is 4.88. The van der Waals surface area contributed by atoms with Crippen molar-refractivity contribution in [3.8, 4) is 0 Å². The van der Waals surface area contributed by atoms with Gasteiger partial charge in [0.2, 0.25) is 0 Å². The molecule has 0 bridgehead atoms. The van der Waals surface area contributed by atoms with Gasteiger partial charge in [0.25, 0.3) is 0 Å². The highest BCUT2D eigenvalue weighted by Gasteiger charge is 2.20. The molecule has 1 fully saturated rings. The molecule has 1 aliphatic heterocycles. The van der Waals surface area contributed by atoms with Crippen LogP contribution in [0.4, 0.5) is 0 Å². The lowest BCUT2D eigenvalue weighted by molar-refractivity contribution is 0.147. The molecule has 1 aromatic carbocycles. The monoisotopic (exact) mass is 444 g/mol. The van der Waals surface area contributed by atoms with Gasteiger partial charge in [-0.05, 0) is 51.3 Å². The van der Waals surface area contributed by atoms with Crippen LogP contribution in [0.3, 0.4) is 0 Å². The summed E-state index contributed by atoms with van der Waals surface area (Å²) in [7, 11) is 1.83. The Balaban J connectivity index is 0.00000288. The molecule has 1 saturated heterocycles. The molecule has 0 spiro atoms. The Hall–Kier alpha value is -0.820. The SMILES string of the molecule is CN=C(NCC(C)N1CCC(C)CC1)NC(C)c1ccccc1.I. The summed E-state index contributed by atoms with van der Waals surface area (Å²) in [5.41, 5.74) is 1.27. The summed E-state index contributed by atoms with van der Waals surface area (Å²) in [5, 5.41) is 6.94. The van der Waals surface area contributed by atoms with Gasteiger partial charge in [0.1, 0.15) is 0 Å². The standard InChI is InChI=1S/C19H32N4.HI/c1-15-10-12-23(13-11-15)16(2)14-21-19(20-4)22-17(3)18-8-6-5-7-9-18;/h5-9,15-17H,10-14H2,1-4H3,(H2,20,21,22);1H. The van der Waals surface area contributed by atoms with Gasteiger partial charge in [-0.1, -0.05) is 37.3 Å². The quantitative estimate of drug-likeness (QED) is 0.414. The number of piperidine rings is 1. The molecule has 2 rings (SSSR count). The van der Waals surface area contributed by atoms with Crippen molar-refractivity contribution >= 4 is 29.9 Å². The second-order valence-corrected chi connectivity index (χ2v) is 6.80. The molecule has 1 aliphatic rings. The fourth-order valence-corrected chi connectivity index (χ4v) is 3.07. The van der Waals surface area contributed by atoms with E-state index in [0.717, 1.165) is 18.4 Å². The first-order chi connectivity index (χ1) is 11.1. The largest absolute Gasteiger partial charge is 0.355 e.